The smallest absolute Gasteiger partial charge is 0.130 e. The van der Waals surface area contributed by atoms with Crippen molar-refractivity contribution in [2.75, 3.05) is 0 Å². The van der Waals surface area contributed by atoms with Gasteiger partial charge in [0, 0.05) is 14.5 Å². The zero-order valence-electron chi connectivity index (χ0n) is 9.30. The minimum Gasteiger partial charge on any atom is -0.384 e. The van der Waals surface area contributed by atoms with E-state index >= 15 is 0 Å². The fourth-order valence-corrected chi connectivity index (χ4v) is 2.63. The predicted molar refractivity (Wildman–Crippen MR) is 77.3 cm³/mol. The molecule has 2 aromatic rings. The molecule has 1 nitrogen and oxygen atoms in total. The van der Waals surface area contributed by atoms with Crippen LogP contribution < -0.4 is 0 Å². The molecule has 0 radical (unpaired) electrons. The summed E-state index contributed by atoms with van der Waals surface area (Å²) >= 11 is 12.1. The summed E-state index contributed by atoms with van der Waals surface area (Å²) < 4.78 is 27.9. The van der Waals surface area contributed by atoms with Gasteiger partial charge in [0.25, 0.3) is 0 Å². The Balaban J connectivity index is 2.49. The maximum atomic E-state index is 13.8. The highest BCUT2D eigenvalue weighted by atomic mass is 79.9. The summed E-state index contributed by atoms with van der Waals surface area (Å²) in [6, 6.07) is 6.38. The van der Waals surface area contributed by atoms with Gasteiger partial charge in [-0.15, -0.1) is 0 Å². The van der Waals surface area contributed by atoms with Crippen molar-refractivity contribution in [2.45, 2.75) is 6.10 Å². The first-order valence-electron chi connectivity index (χ1n) is 5.17. The van der Waals surface area contributed by atoms with E-state index in [0.717, 1.165) is 12.1 Å². The van der Waals surface area contributed by atoms with Gasteiger partial charge in [0.05, 0.1) is 5.02 Å². The Bertz CT molecular complexity index is 614. The maximum Gasteiger partial charge on any atom is 0.130 e. The topological polar surface area (TPSA) is 20.2 Å². The molecule has 0 spiro atoms. The summed E-state index contributed by atoms with van der Waals surface area (Å²) in [4.78, 5) is 0. The summed E-state index contributed by atoms with van der Waals surface area (Å²) in [7, 11) is 0. The number of benzene rings is 2. The molecule has 0 saturated carbocycles. The molecular formula is C13H7Br2ClF2O. The van der Waals surface area contributed by atoms with Crippen molar-refractivity contribution in [1.29, 1.82) is 0 Å². The fraction of sp³-hybridized carbons (Fsp3) is 0.0769. The average molecular weight is 412 g/mol. The molecular weight excluding hydrogens is 405 g/mol. The van der Waals surface area contributed by atoms with E-state index in [9.17, 15) is 13.9 Å². The molecule has 19 heavy (non-hydrogen) atoms. The van der Waals surface area contributed by atoms with Crippen LogP contribution in [0, 0.1) is 11.6 Å². The van der Waals surface area contributed by atoms with E-state index in [1.54, 1.807) is 0 Å². The van der Waals surface area contributed by atoms with Crippen molar-refractivity contribution in [3.05, 3.63) is 67.1 Å². The lowest BCUT2D eigenvalue weighted by Crippen LogP contribution is -2.03. The molecule has 0 aliphatic carbocycles. The molecule has 0 aromatic heterocycles. The van der Waals surface area contributed by atoms with Gasteiger partial charge < -0.3 is 5.11 Å². The Morgan fingerprint density at radius 1 is 1.05 bits per heavy atom. The number of hydrogen-bond donors (Lipinski definition) is 1. The first-order chi connectivity index (χ1) is 8.88. The maximum absolute atomic E-state index is 13.8. The largest absolute Gasteiger partial charge is 0.384 e. The van der Waals surface area contributed by atoms with E-state index in [-0.39, 0.29) is 16.1 Å². The minimum absolute atomic E-state index is 0.00861. The van der Waals surface area contributed by atoms with Crippen LogP contribution in [0.5, 0.6) is 0 Å². The number of halogens is 5. The SMILES string of the molecule is OC(c1cc(F)cc(Br)c1)c1cc(Cl)c(Br)cc1F. The van der Waals surface area contributed by atoms with Crippen LogP contribution >= 0.6 is 43.5 Å². The second kappa shape index (κ2) is 5.87. The Morgan fingerprint density at radius 3 is 2.37 bits per heavy atom. The van der Waals surface area contributed by atoms with Crippen LogP contribution in [0.15, 0.2) is 39.3 Å². The van der Waals surface area contributed by atoms with Gasteiger partial charge in [-0.3, -0.25) is 0 Å². The normalized spacial score (nSPS) is 12.5. The lowest BCUT2D eigenvalue weighted by Gasteiger charge is -2.14. The van der Waals surface area contributed by atoms with Crippen LogP contribution in [-0.2, 0) is 0 Å². The van der Waals surface area contributed by atoms with Gasteiger partial charge in [0.15, 0.2) is 0 Å². The third kappa shape index (κ3) is 3.34. The highest BCUT2D eigenvalue weighted by molar-refractivity contribution is 9.10. The van der Waals surface area contributed by atoms with Gasteiger partial charge in [-0.25, -0.2) is 8.78 Å². The van der Waals surface area contributed by atoms with Gasteiger partial charge in [0.2, 0.25) is 0 Å². The van der Waals surface area contributed by atoms with Crippen molar-refractivity contribution in [2.24, 2.45) is 0 Å². The lowest BCUT2D eigenvalue weighted by atomic mass is 10.0. The molecule has 1 N–H and O–H groups in total. The number of rotatable bonds is 2. The molecule has 0 amide bonds. The second-order valence-electron chi connectivity index (χ2n) is 3.89. The minimum atomic E-state index is -1.29. The van der Waals surface area contributed by atoms with E-state index in [0.29, 0.717) is 8.95 Å². The fourth-order valence-electron chi connectivity index (χ4n) is 1.66. The first kappa shape index (κ1) is 14.9. The molecule has 1 atom stereocenters. The Kier molecular flexibility index (Phi) is 4.61. The lowest BCUT2D eigenvalue weighted by molar-refractivity contribution is 0.214. The molecule has 0 aliphatic rings. The first-order valence-corrected chi connectivity index (χ1v) is 7.13. The average Bonchev–Trinajstić information content (AvgIpc) is 2.31. The van der Waals surface area contributed by atoms with Crippen molar-refractivity contribution in [3.63, 3.8) is 0 Å². The number of hydrogen-bond acceptors (Lipinski definition) is 1. The molecule has 0 heterocycles. The summed E-state index contributed by atoms with van der Waals surface area (Å²) in [6.07, 6.45) is -1.29. The molecule has 100 valence electrons. The van der Waals surface area contributed by atoms with Crippen molar-refractivity contribution >= 4 is 43.5 Å². The third-order valence-electron chi connectivity index (χ3n) is 2.53. The van der Waals surface area contributed by atoms with Crippen molar-refractivity contribution in [3.8, 4) is 0 Å². The molecule has 2 aromatic carbocycles. The van der Waals surface area contributed by atoms with Crippen molar-refractivity contribution < 1.29 is 13.9 Å². The summed E-state index contributed by atoms with van der Waals surface area (Å²) in [5.74, 6) is -1.14. The molecule has 0 aliphatic heterocycles. The predicted octanol–water partition coefficient (Wildman–Crippen LogP) is 5.22. The monoisotopic (exact) mass is 410 g/mol. The molecule has 2 rings (SSSR count). The Hall–Kier alpha value is -0.490. The highest BCUT2D eigenvalue weighted by Gasteiger charge is 2.18. The standard InChI is InChI=1S/C13H7Br2ClF2O/c14-7-1-6(2-8(17)3-7)13(19)9-4-11(16)10(15)5-12(9)18/h1-5,13,19H. The number of aliphatic hydroxyl groups is 1. The van der Waals surface area contributed by atoms with E-state index < -0.39 is 17.7 Å². The molecule has 1 unspecified atom stereocenters. The third-order valence-corrected chi connectivity index (χ3v) is 4.19. The van der Waals surface area contributed by atoms with Gasteiger partial charge >= 0.3 is 0 Å². The van der Waals surface area contributed by atoms with Crippen LogP contribution in [-0.4, -0.2) is 5.11 Å². The highest BCUT2D eigenvalue weighted by Crippen LogP contribution is 2.32. The molecule has 0 fully saturated rings. The van der Waals surface area contributed by atoms with Gasteiger partial charge in [0.1, 0.15) is 17.7 Å². The van der Waals surface area contributed by atoms with Crippen LogP contribution in [0.1, 0.15) is 17.2 Å². The quantitative estimate of drug-likeness (QED) is 0.670. The van der Waals surface area contributed by atoms with Gasteiger partial charge in [-0.2, -0.15) is 0 Å². The van der Waals surface area contributed by atoms with E-state index in [4.69, 9.17) is 11.6 Å². The zero-order chi connectivity index (χ0) is 14.2. The van der Waals surface area contributed by atoms with E-state index in [1.165, 1.54) is 18.2 Å². The van der Waals surface area contributed by atoms with Crippen LogP contribution in [0.4, 0.5) is 8.78 Å². The summed E-state index contributed by atoms with van der Waals surface area (Å²) in [5, 5.41) is 10.4. The molecule has 0 saturated heterocycles. The van der Waals surface area contributed by atoms with Crippen LogP contribution in [0.2, 0.25) is 5.02 Å². The van der Waals surface area contributed by atoms with Gasteiger partial charge in [-0.1, -0.05) is 27.5 Å². The van der Waals surface area contributed by atoms with Crippen molar-refractivity contribution in [1.82, 2.24) is 0 Å². The second-order valence-corrected chi connectivity index (χ2v) is 6.07. The summed E-state index contributed by atoms with van der Waals surface area (Å²) in [5.41, 5.74) is 0.231. The Morgan fingerprint density at radius 2 is 1.74 bits per heavy atom. The van der Waals surface area contributed by atoms with Crippen LogP contribution in [0.25, 0.3) is 0 Å². The molecule has 0 bridgehead atoms. The molecule has 6 heteroatoms. The number of aliphatic hydroxyl groups excluding tert-OH is 1. The van der Waals surface area contributed by atoms with Crippen LogP contribution in [0.3, 0.4) is 0 Å². The summed E-state index contributed by atoms with van der Waals surface area (Å²) in [6.45, 7) is 0. The van der Waals surface area contributed by atoms with E-state index in [1.807, 2.05) is 0 Å². The zero-order valence-corrected chi connectivity index (χ0v) is 13.2. The van der Waals surface area contributed by atoms with E-state index in [2.05, 4.69) is 31.9 Å². The van der Waals surface area contributed by atoms with Gasteiger partial charge in [-0.05, 0) is 51.8 Å². The Labute approximate surface area is 130 Å².